The summed E-state index contributed by atoms with van der Waals surface area (Å²) < 4.78 is 0. The molecule has 0 aromatic rings. The molecule has 1 heterocycles. The minimum Gasteiger partial charge on any atom is -0.348 e. The van der Waals surface area contributed by atoms with Gasteiger partial charge in [0.1, 0.15) is 6.04 Å². The van der Waals surface area contributed by atoms with Crippen LogP contribution in [-0.4, -0.2) is 12.4 Å². The molecule has 0 amide bonds. The largest absolute Gasteiger partial charge is 0.348 e. The van der Waals surface area contributed by atoms with Gasteiger partial charge in [0.25, 0.3) is 0 Å². The Morgan fingerprint density at radius 3 is 3.38 bits per heavy atom. The van der Waals surface area contributed by atoms with E-state index in [4.69, 9.17) is 0 Å². The lowest BCUT2D eigenvalue weighted by molar-refractivity contribution is 0.559. The fourth-order valence-corrected chi connectivity index (χ4v) is 2.29. The quantitative estimate of drug-likeness (QED) is 0.591. The van der Waals surface area contributed by atoms with Gasteiger partial charge in [-0.25, -0.2) is 0 Å². The van der Waals surface area contributed by atoms with Crippen molar-refractivity contribution in [1.82, 2.24) is 5.32 Å². The van der Waals surface area contributed by atoms with Gasteiger partial charge in [-0.05, 0) is 24.3 Å². The van der Waals surface area contributed by atoms with Gasteiger partial charge >= 0.3 is 0 Å². The van der Waals surface area contributed by atoms with Crippen molar-refractivity contribution in [2.75, 3.05) is 0 Å². The van der Waals surface area contributed by atoms with Gasteiger partial charge in [-0.3, -0.25) is 4.99 Å². The van der Waals surface area contributed by atoms with Crippen LogP contribution in [0.5, 0.6) is 0 Å². The van der Waals surface area contributed by atoms with Crippen molar-refractivity contribution in [1.29, 1.82) is 0 Å². The Labute approximate surface area is 77.7 Å². The van der Waals surface area contributed by atoms with E-state index in [9.17, 15) is 0 Å². The molecule has 0 aromatic carbocycles. The third-order valence-corrected chi connectivity index (χ3v) is 3.00. The van der Waals surface area contributed by atoms with E-state index in [1.54, 1.807) is 0 Å². The Hall–Kier alpha value is -1.31. The molecule has 13 heavy (non-hydrogen) atoms. The van der Waals surface area contributed by atoms with Gasteiger partial charge in [0, 0.05) is 5.70 Å². The van der Waals surface area contributed by atoms with E-state index in [1.165, 1.54) is 24.1 Å². The van der Waals surface area contributed by atoms with E-state index < -0.39 is 0 Å². The lowest BCUT2D eigenvalue weighted by Crippen LogP contribution is -2.25. The van der Waals surface area contributed by atoms with Gasteiger partial charge in [0.15, 0.2) is 0 Å². The summed E-state index contributed by atoms with van der Waals surface area (Å²) in [5.74, 6) is 0.704. The van der Waals surface area contributed by atoms with E-state index in [0.717, 1.165) is 0 Å². The highest BCUT2D eigenvalue weighted by molar-refractivity contribution is 5.65. The SMILES string of the molecule is C1=CCC2CC=C3NC=NC3C2=C1. The van der Waals surface area contributed by atoms with Gasteiger partial charge in [0.2, 0.25) is 0 Å². The van der Waals surface area contributed by atoms with Crippen LogP contribution in [0.4, 0.5) is 0 Å². The number of hydrogen-bond acceptors (Lipinski definition) is 2. The molecule has 0 radical (unpaired) electrons. The van der Waals surface area contributed by atoms with Crippen molar-refractivity contribution in [2.45, 2.75) is 18.9 Å². The Bertz CT molecular complexity index is 347. The molecular weight excluding hydrogens is 160 g/mol. The Morgan fingerprint density at radius 2 is 2.38 bits per heavy atom. The average molecular weight is 172 g/mol. The third kappa shape index (κ3) is 0.981. The number of fused-ring (bicyclic) bond motifs is 3. The van der Waals surface area contributed by atoms with Gasteiger partial charge < -0.3 is 5.32 Å². The second kappa shape index (κ2) is 2.59. The molecule has 66 valence electrons. The first-order chi connectivity index (χ1) is 6.45. The Morgan fingerprint density at radius 1 is 1.38 bits per heavy atom. The van der Waals surface area contributed by atoms with Gasteiger partial charge in [-0.15, -0.1) is 0 Å². The van der Waals surface area contributed by atoms with Crippen LogP contribution in [0, 0.1) is 5.92 Å². The van der Waals surface area contributed by atoms with E-state index in [-0.39, 0.29) is 0 Å². The monoisotopic (exact) mass is 172 g/mol. The molecule has 0 saturated carbocycles. The van der Waals surface area contributed by atoms with Crippen LogP contribution in [0.15, 0.2) is 40.6 Å². The van der Waals surface area contributed by atoms with Crippen LogP contribution in [0.1, 0.15) is 12.8 Å². The minimum absolute atomic E-state index is 0.309. The molecule has 2 heteroatoms. The van der Waals surface area contributed by atoms with Crippen molar-refractivity contribution in [3.63, 3.8) is 0 Å². The summed E-state index contributed by atoms with van der Waals surface area (Å²) in [4.78, 5) is 4.44. The molecule has 1 aliphatic heterocycles. The number of allylic oxidation sites excluding steroid dienone is 4. The number of rotatable bonds is 0. The zero-order valence-electron chi connectivity index (χ0n) is 7.40. The standard InChI is InChI=1S/C11H12N2/c1-2-4-9-8(3-1)5-6-10-11(9)13-7-12-10/h1-2,4,6-8,11H,3,5H2,(H,12,13). The Balaban J connectivity index is 2.04. The normalized spacial score (nSPS) is 34.5. The second-order valence-electron chi connectivity index (χ2n) is 3.75. The van der Waals surface area contributed by atoms with Crippen LogP contribution in [0.25, 0.3) is 0 Å². The summed E-state index contributed by atoms with van der Waals surface area (Å²) in [6.07, 6.45) is 13.1. The number of nitrogens with one attached hydrogen (secondary N) is 1. The minimum atomic E-state index is 0.309. The summed E-state index contributed by atoms with van der Waals surface area (Å²) in [6.45, 7) is 0. The zero-order chi connectivity index (χ0) is 8.67. The third-order valence-electron chi connectivity index (χ3n) is 3.00. The first-order valence-corrected chi connectivity index (χ1v) is 4.80. The van der Waals surface area contributed by atoms with E-state index >= 15 is 0 Å². The first kappa shape index (κ1) is 7.13. The van der Waals surface area contributed by atoms with E-state index in [2.05, 4.69) is 34.6 Å². The van der Waals surface area contributed by atoms with E-state index in [1.807, 2.05) is 6.34 Å². The van der Waals surface area contributed by atoms with Gasteiger partial charge in [-0.1, -0.05) is 24.3 Å². The topological polar surface area (TPSA) is 24.4 Å². The first-order valence-electron chi connectivity index (χ1n) is 4.80. The number of aliphatic imine (C=N–C) groups is 1. The van der Waals surface area contributed by atoms with Crippen molar-refractivity contribution in [3.05, 3.63) is 35.6 Å². The Kier molecular flexibility index (Phi) is 1.42. The van der Waals surface area contributed by atoms with Crippen LogP contribution in [0.2, 0.25) is 0 Å². The zero-order valence-corrected chi connectivity index (χ0v) is 7.40. The average Bonchev–Trinajstić information content (AvgIpc) is 2.65. The number of hydrogen-bond donors (Lipinski definition) is 1. The van der Waals surface area contributed by atoms with Crippen molar-refractivity contribution >= 4 is 6.34 Å². The molecule has 2 aliphatic carbocycles. The van der Waals surface area contributed by atoms with Crippen molar-refractivity contribution < 1.29 is 0 Å². The van der Waals surface area contributed by atoms with Crippen LogP contribution >= 0.6 is 0 Å². The summed E-state index contributed by atoms with van der Waals surface area (Å²) >= 11 is 0. The predicted octanol–water partition coefficient (Wildman–Crippen LogP) is 1.78. The summed E-state index contributed by atoms with van der Waals surface area (Å²) in [7, 11) is 0. The molecule has 2 atom stereocenters. The molecular formula is C11H12N2. The molecule has 0 spiro atoms. The molecule has 2 nitrogen and oxygen atoms in total. The lowest BCUT2D eigenvalue weighted by atomic mass is 9.80. The highest BCUT2D eigenvalue weighted by Crippen LogP contribution is 2.36. The van der Waals surface area contributed by atoms with Crippen molar-refractivity contribution in [3.8, 4) is 0 Å². The second-order valence-corrected chi connectivity index (χ2v) is 3.75. The lowest BCUT2D eigenvalue weighted by Gasteiger charge is -2.28. The van der Waals surface area contributed by atoms with E-state index in [0.29, 0.717) is 12.0 Å². The molecule has 0 aromatic heterocycles. The molecule has 0 saturated heterocycles. The smallest absolute Gasteiger partial charge is 0.113 e. The maximum absolute atomic E-state index is 4.44. The van der Waals surface area contributed by atoms with Crippen LogP contribution in [-0.2, 0) is 0 Å². The van der Waals surface area contributed by atoms with Crippen molar-refractivity contribution in [2.24, 2.45) is 10.9 Å². The highest BCUT2D eigenvalue weighted by atomic mass is 15.1. The summed E-state index contributed by atoms with van der Waals surface area (Å²) in [5, 5.41) is 3.20. The maximum Gasteiger partial charge on any atom is 0.113 e. The fraction of sp³-hybridized carbons (Fsp3) is 0.364. The summed E-state index contributed by atoms with van der Waals surface area (Å²) in [6, 6.07) is 0.309. The number of nitrogens with zero attached hydrogens (tertiary/aromatic N) is 1. The maximum atomic E-state index is 4.44. The van der Waals surface area contributed by atoms with Crippen LogP contribution < -0.4 is 5.32 Å². The molecule has 3 rings (SSSR count). The van der Waals surface area contributed by atoms with Crippen LogP contribution in [0.3, 0.4) is 0 Å². The predicted molar refractivity (Wildman–Crippen MR) is 53.4 cm³/mol. The molecule has 3 aliphatic rings. The molecule has 0 fully saturated rings. The molecule has 0 bridgehead atoms. The highest BCUT2D eigenvalue weighted by Gasteiger charge is 2.30. The molecule has 1 N–H and O–H groups in total. The van der Waals surface area contributed by atoms with Gasteiger partial charge in [-0.2, -0.15) is 0 Å². The molecule has 2 unspecified atom stereocenters. The fourth-order valence-electron chi connectivity index (χ4n) is 2.29. The summed E-state index contributed by atoms with van der Waals surface area (Å²) in [5.41, 5.74) is 2.76. The van der Waals surface area contributed by atoms with Gasteiger partial charge in [0.05, 0.1) is 6.34 Å².